The lowest BCUT2D eigenvalue weighted by Crippen LogP contribution is -2.54. The number of aliphatic hydroxyl groups excluding tert-OH is 1. The zero-order valence-corrected chi connectivity index (χ0v) is 14.8. The molecule has 2 N–H and O–H groups in total. The number of piperidine rings is 1. The lowest BCUT2D eigenvalue weighted by atomic mass is 10.0. The number of β-amino-alcohol motifs (C(OH)–C–C–N with tert-alkyl or cyclic N) is 1. The van der Waals surface area contributed by atoms with Crippen molar-refractivity contribution in [1.82, 2.24) is 15.2 Å². The Morgan fingerprint density at radius 2 is 2.21 bits per heavy atom. The molecule has 1 aromatic carbocycles. The number of likely N-dealkylation sites (tertiary alicyclic amines) is 1. The van der Waals surface area contributed by atoms with Crippen molar-refractivity contribution in [2.24, 2.45) is 0 Å². The fourth-order valence-corrected chi connectivity index (χ4v) is 3.57. The molecule has 2 atom stereocenters. The number of amides is 1. The van der Waals surface area contributed by atoms with Crippen LogP contribution in [0.5, 0.6) is 0 Å². The molecule has 24 heavy (non-hydrogen) atoms. The minimum atomic E-state index is -0.563. The van der Waals surface area contributed by atoms with Gasteiger partial charge in [0.25, 0.3) is 0 Å². The number of hydrogen-bond acceptors (Lipinski definition) is 5. The van der Waals surface area contributed by atoms with Crippen LogP contribution in [0, 0.1) is 0 Å². The second kappa shape index (κ2) is 8.07. The predicted molar refractivity (Wildman–Crippen MR) is 95.1 cm³/mol. The third-order valence-electron chi connectivity index (χ3n) is 4.16. The molecule has 7 heteroatoms. The van der Waals surface area contributed by atoms with Gasteiger partial charge in [0, 0.05) is 30.0 Å². The number of aromatic nitrogens is 1. The molecule has 5 nitrogen and oxygen atoms in total. The molecule has 128 valence electrons. The molecular weight excluding hydrogens is 346 g/mol. The average Bonchev–Trinajstić information content (AvgIpc) is 3.05. The van der Waals surface area contributed by atoms with Crippen LogP contribution < -0.4 is 5.32 Å². The number of thiazole rings is 1. The maximum absolute atomic E-state index is 12.2. The molecule has 0 unspecified atom stereocenters. The maximum atomic E-state index is 12.2. The van der Waals surface area contributed by atoms with Crippen LogP contribution in [0.2, 0.25) is 5.02 Å². The average molecular weight is 366 g/mol. The van der Waals surface area contributed by atoms with Crippen LogP contribution in [0.3, 0.4) is 0 Å². The Balaban J connectivity index is 1.47. The third-order valence-corrected chi connectivity index (χ3v) is 5.05. The van der Waals surface area contributed by atoms with Crippen molar-refractivity contribution in [3.8, 4) is 0 Å². The van der Waals surface area contributed by atoms with E-state index in [0.717, 1.165) is 30.8 Å². The first kappa shape index (κ1) is 17.4. The molecule has 1 aliphatic heterocycles. The minimum Gasteiger partial charge on any atom is -0.390 e. The highest BCUT2D eigenvalue weighted by Gasteiger charge is 2.28. The summed E-state index contributed by atoms with van der Waals surface area (Å²) in [7, 11) is 0. The topological polar surface area (TPSA) is 65.5 Å². The Morgan fingerprint density at radius 3 is 2.88 bits per heavy atom. The van der Waals surface area contributed by atoms with Crippen molar-refractivity contribution in [3.63, 3.8) is 0 Å². The molecule has 0 radical (unpaired) electrons. The van der Waals surface area contributed by atoms with Gasteiger partial charge in [0.2, 0.25) is 5.91 Å². The quantitative estimate of drug-likeness (QED) is 0.851. The summed E-state index contributed by atoms with van der Waals surface area (Å²) in [6.07, 6.45) is 0.465. The number of hydrogen-bond donors (Lipinski definition) is 2. The number of nitrogens with zero attached hydrogens (tertiary/aromatic N) is 2. The highest BCUT2D eigenvalue weighted by molar-refractivity contribution is 7.07. The van der Waals surface area contributed by atoms with Crippen molar-refractivity contribution < 1.29 is 9.90 Å². The van der Waals surface area contributed by atoms with Crippen molar-refractivity contribution in [2.45, 2.75) is 31.5 Å². The number of nitrogens with one attached hydrogen (secondary N) is 1. The fourth-order valence-electron chi connectivity index (χ4n) is 2.90. The van der Waals surface area contributed by atoms with E-state index in [2.05, 4.69) is 15.2 Å². The Labute approximate surface area is 150 Å². The van der Waals surface area contributed by atoms with Gasteiger partial charge in [0.05, 0.1) is 29.8 Å². The molecular formula is C17H20ClN3O2S. The molecule has 1 saturated heterocycles. The minimum absolute atomic E-state index is 0.0747. The molecule has 3 rings (SSSR count). The van der Waals surface area contributed by atoms with E-state index >= 15 is 0 Å². The van der Waals surface area contributed by atoms with E-state index in [9.17, 15) is 9.90 Å². The summed E-state index contributed by atoms with van der Waals surface area (Å²) < 4.78 is 0. The van der Waals surface area contributed by atoms with Gasteiger partial charge < -0.3 is 10.4 Å². The first-order chi connectivity index (χ1) is 11.6. The number of carbonyl (C=O) groups is 1. The molecule has 1 aliphatic rings. The maximum Gasteiger partial charge on any atom is 0.224 e. The monoisotopic (exact) mass is 365 g/mol. The van der Waals surface area contributed by atoms with Gasteiger partial charge in [-0.1, -0.05) is 23.7 Å². The van der Waals surface area contributed by atoms with E-state index < -0.39 is 6.10 Å². The van der Waals surface area contributed by atoms with Crippen LogP contribution in [0.1, 0.15) is 17.7 Å². The van der Waals surface area contributed by atoms with E-state index in [1.807, 2.05) is 23.0 Å². The number of carbonyl (C=O) groups excluding carboxylic acids is 1. The third kappa shape index (κ3) is 4.77. The Morgan fingerprint density at radius 1 is 1.42 bits per heavy atom. The Bertz CT molecular complexity index is 663. The zero-order valence-electron chi connectivity index (χ0n) is 13.2. The molecule has 0 bridgehead atoms. The van der Waals surface area contributed by atoms with E-state index in [1.165, 1.54) is 0 Å². The zero-order chi connectivity index (χ0) is 16.9. The molecule has 1 fully saturated rings. The highest BCUT2D eigenvalue weighted by atomic mass is 35.5. The van der Waals surface area contributed by atoms with Gasteiger partial charge in [0.15, 0.2) is 0 Å². The molecule has 2 heterocycles. The van der Waals surface area contributed by atoms with E-state index in [4.69, 9.17) is 11.6 Å². The van der Waals surface area contributed by atoms with E-state index in [0.29, 0.717) is 18.0 Å². The fraction of sp³-hybridized carbons (Fsp3) is 0.412. The Kier molecular flexibility index (Phi) is 5.84. The van der Waals surface area contributed by atoms with Crippen molar-refractivity contribution in [1.29, 1.82) is 0 Å². The summed E-state index contributed by atoms with van der Waals surface area (Å²) in [5.41, 5.74) is 3.75. The molecule has 0 aliphatic carbocycles. The van der Waals surface area contributed by atoms with Crippen LogP contribution in [0.25, 0.3) is 0 Å². The molecule has 0 spiro atoms. The van der Waals surface area contributed by atoms with Crippen molar-refractivity contribution in [3.05, 3.63) is 51.4 Å². The highest BCUT2D eigenvalue weighted by Crippen LogP contribution is 2.15. The summed E-state index contributed by atoms with van der Waals surface area (Å²) in [6, 6.07) is 7.03. The summed E-state index contributed by atoms with van der Waals surface area (Å²) in [5, 5.41) is 16.0. The van der Waals surface area contributed by atoms with Crippen LogP contribution >= 0.6 is 22.9 Å². The number of halogens is 1. The first-order valence-corrected chi connectivity index (χ1v) is 9.23. The number of aliphatic hydroxyl groups is 1. The van der Waals surface area contributed by atoms with E-state index in [1.54, 1.807) is 23.5 Å². The van der Waals surface area contributed by atoms with Crippen molar-refractivity contribution >= 4 is 28.8 Å². The SMILES string of the molecule is O=C(Cc1ccc(Cl)cc1)N[C@@H]1CCN(Cc2cscn2)C[C@H]1O. The van der Waals surface area contributed by atoms with Gasteiger partial charge in [-0.3, -0.25) is 9.69 Å². The summed E-state index contributed by atoms with van der Waals surface area (Å²) >= 11 is 7.42. The van der Waals surface area contributed by atoms with Gasteiger partial charge in [-0.25, -0.2) is 4.98 Å². The van der Waals surface area contributed by atoms with Crippen LogP contribution in [-0.4, -0.2) is 46.1 Å². The summed E-state index contributed by atoms with van der Waals surface area (Å²) in [6.45, 7) is 2.12. The second-order valence-electron chi connectivity index (χ2n) is 6.05. The molecule has 1 aromatic heterocycles. The van der Waals surface area contributed by atoms with Gasteiger partial charge in [-0.2, -0.15) is 0 Å². The normalized spacial score (nSPS) is 21.6. The lowest BCUT2D eigenvalue weighted by molar-refractivity contribution is -0.122. The summed E-state index contributed by atoms with van der Waals surface area (Å²) in [4.78, 5) is 18.6. The standard InChI is InChI=1S/C17H20ClN3O2S/c18-13-3-1-12(2-4-13)7-17(23)20-15-5-6-21(9-16(15)22)8-14-10-24-11-19-14/h1-4,10-11,15-16,22H,5-9H2,(H,20,23)/t15-,16-/m1/s1. The molecule has 0 saturated carbocycles. The van der Waals surface area contributed by atoms with Crippen LogP contribution in [0.15, 0.2) is 35.2 Å². The smallest absolute Gasteiger partial charge is 0.224 e. The van der Waals surface area contributed by atoms with Gasteiger partial charge in [0.1, 0.15) is 0 Å². The van der Waals surface area contributed by atoms with Gasteiger partial charge in [-0.05, 0) is 24.1 Å². The number of benzene rings is 1. The predicted octanol–water partition coefficient (Wildman–Crippen LogP) is 2.09. The summed E-state index contributed by atoms with van der Waals surface area (Å²) in [5.74, 6) is -0.0747. The van der Waals surface area contributed by atoms with Gasteiger partial charge in [-0.15, -0.1) is 11.3 Å². The van der Waals surface area contributed by atoms with Crippen molar-refractivity contribution in [2.75, 3.05) is 13.1 Å². The van der Waals surface area contributed by atoms with Crippen LogP contribution in [0.4, 0.5) is 0 Å². The lowest BCUT2D eigenvalue weighted by Gasteiger charge is -2.36. The number of rotatable bonds is 5. The van der Waals surface area contributed by atoms with E-state index in [-0.39, 0.29) is 11.9 Å². The first-order valence-electron chi connectivity index (χ1n) is 7.91. The Hall–Kier alpha value is -1.47. The largest absolute Gasteiger partial charge is 0.390 e. The second-order valence-corrected chi connectivity index (χ2v) is 7.20. The molecule has 2 aromatic rings. The molecule has 1 amide bonds. The van der Waals surface area contributed by atoms with Gasteiger partial charge >= 0.3 is 0 Å². The van der Waals surface area contributed by atoms with Crippen LogP contribution in [-0.2, 0) is 17.8 Å².